The first-order chi connectivity index (χ1) is 13.7. The predicted octanol–water partition coefficient (Wildman–Crippen LogP) is 4.00. The van der Waals surface area contributed by atoms with E-state index in [2.05, 4.69) is 12.6 Å². The smallest absolute Gasteiger partial charge is 0.199 e. The molecule has 3 atom stereocenters. The van der Waals surface area contributed by atoms with Crippen LogP contribution in [0.4, 0.5) is 0 Å². The molecule has 1 aliphatic rings. The lowest BCUT2D eigenvalue weighted by Crippen LogP contribution is -2.49. The van der Waals surface area contributed by atoms with E-state index in [0.29, 0.717) is 0 Å². The standard InChI is InChI=1S/C22H23NO4S2/c1-3-18-16-22(17(2)21(18)14-15-23,28(24,25)19-10-6-4-7-11-19)29(26,27)20-12-8-5-9-13-20/h3-13,17-18,21H,1,14,16H2,2H3/t17-,18-,21-/m1/s1. The predicted molar refractivity (Wildman–Crippen MR) is 111 cm³/mol. The van der Waals surface area contributed by atoms with Gasteiger partial charge in [-0.1, -0.05) is 49.4 Å². The molecule has 0 bridgehead atoms. The van der Waals surface area contributed by atoms with Crippen LogP contribution in [0.3, 0.4) is 0 Å². The van der Waals surface area contributed by atoms with Gasteiger partial charge in [0.2, 0.25) is 0 Å². The summed E-state index contributed by atoms with van der Waals surface area (Å²) >= 11 is 0. The van der Waals surface area contributed by atoms with Crippen molar-refractivity contribution in [2.24, 2.45) is 17.8 Å². The maximum absolute atomic E-state index is 13.9. The molecule has 0 heterocycles. The molecular weight excluding hydrogens is 406 g/mol. The molecule has 1 fully saturated rings. The minimum atomic E-state index is -4.29. The van der Waals surface area contributed by atoms with E-state index >= 15 is 0 Å². The molecule has 2 aromatic rings. The lowest BCUT2D eigenvalue weighted by atomic mass is 9.88. The molecule has 0 aromatic heterocycles. The average molecular weight is 430 g/mol. The molecule has 1 aliphatic carbocycles. The van der Waals surface area contributed by atoms with Gasteiger partial charge in [0.15, 0.2) is 23.8 Å². The molecule has 2 aromatic carbocycles. The summed E-state index contributed by atoms with van der Waals surface area (Å²) in [5, 5.41) is 9.28. The zero-order valence-corrected chi connectivity index (χ0v) is 17.7. The Hall–Kier alpha value is -2.43. The van der Waals surface area contributed by atoms with Crippen molar-refractivity contribution >= 4 is 19.7 Å². The minimum Gasteiger partial charge on any atom is -0.222 e. The zero-order valence-electron chi connectivity index (χ0n) is 16.1. The monoisotopic (exact) mass is 429 g/mol. The summed E-state index contributed by atoms with van der Waals surface area (Å²) in [6, 6.07) is 17.4. The van der Waals surface area contributed by atoms with Crippen LogP contribution in [0.25, 0.3) is 0 Å². The van der Waals surface area contributed by atoms with Crippen LogP contribution >= 0.6 is 0 Å². The van der Waals surface area contributed by atoms with Crippen LogP contribution in [0.15, 0.2) is 83.1 Å². The van der Waals surface area contributed by atoms with E-state index in [0.717, 1.165) is 0 Å². The molecule has 0 saturated heterocycles. The van der Waals surface area contributed by atoms with Gasteiger partial charge in [-0.15, -0.1) is 6.58 Å². The lowest BCUT2D eigenvalue weighted by molar-refractivity contribution is 0.366. The second-order valence-corrected chi connectivity index (χ2v) is 12.0. The third kappa shape index (κ3) is 3.11. The highest BCUT2D eigenvalue weighted by Gasteiger charge is 2.66. The minimum absolute atomic E-state index is 0.0354. The van der Waals surface area contributed by atoms with Crippen LogP contribution in [0.1, 0.15) is 19.8 Å². The van der Waals surface area contributed by atoms with E-state index < -0.39 is 41.5 Å². The van der Waals surface area contributed by atoms with Crippen molar-refractivity contribution in [1.29, 1.82) is 5.26 Å². The molecule has 152 valence electrons. The molecule has 0 unspecified atom stereocenters. The second kappa shape index (κ2) is 7.77. The number of benzene rings is 2. The normalized spacial score (nSPS) is 23.9. The number of allylic oxidation sites excluding steroid dienone is 1. The van der Waals surface area contributed by atoms with Crippen molar-refractivity contribution in [3.05, 3.63) is 73.3 Å². The van der Waals surface area contributed by atoms with E-state index in [1.165, 1.54) is 24.3 Å². The Morgan fingerprint density at radius 1 is 1.00 bits per heavy atom. The molecule has 0 radical (unpaired) electrons. The quantitative estimate of drug-likeness (QED) is 0.647. The maximum atomic E-state index is 13.9. The highest BCUT2D eigenvalue weighted by Crippen LogP contribution is 2.56. The first kappa shape index (κ1) is 21.3. The largest absolute Gasteiger partial charge is 0.222 e. The van der Waals surface area contributed by atoms with E-state index in [-0.39, 0.29) is 22.6 Å². The van der Waals surface area contributed by atoms with Gasteiger partial charge in [-0.3, -0.25) is 0 Å². The first-order valence-corrected chi connectivity index (χ1v) is 12.3. The van der Waals surface area contributed by atoms with Crippen molar-refractivity contribution in [1.82, 2.24) is 0 Å². The Morgan fingerprint density at radius 3 is 1.83 bits per heavy atom. The molecule has 7 heteroatoms. The van der Waals surface area contributed by atoms with Gasteiger partial charge < -0.3 is 0 Å². The highest BCUT2D eigenvalue weighted by molar-refractivity contribution is 8.10. The van der Waals surface area contributed by atoms with Crippen LogP contribution in [0.2, 0.25) is 0 Å². The first-order valence-electron chi connectivity index (χ1n) is 9.33. The molecule has 29 heavy (non-hydrogen) atoms. The number of nitriles is 1. The number of sulfone groups is 2. The Kier molecular flexibility index (Phi) is 5.70. The summed E-state index contributed by atoms with van der Waals surface area (Å²) in [4.78, 5) is -0.0708. The summed E-state index contributed by atoms with van der Waals surface area (Å²) in [6.07, 6.45) is 1.52. The zero-order chi connectivity index (χ0) is 21.3. The van der Waals surface area contributed by atoms with Gasteiger partial charge >= 0.3 is 0 Å². The summed E-state index contributed by atoms with van der Waals surface area (Å²) in [6.45, 7) is 5.42. The van der Waals surface area contributed by atoms with Crippen molar-refractivity contribution < 1.29 is 16.8 Å². The third-order valence-electron chi connectivity index (χ3n) is 6.05. The van der Waals surface area contributed by atoms with Crippen LogP contribution in [-0.4, -0.2) is 20.9 Å². The van der Waals surface area contributed by atoms with Crippen LogP contribution < -0.4 is 0 Å². The van der Waals surface area contributed by atoms with E-state index in [1.807, 2.05) is 0 Å². The Bertz CT molecular complexity index is 1060. The summed E-state index contributed by atoms with van der Waals surface area (Å²) in [7, 11) is -8.59. The van der Waals surface area contributed by atoms with Gasteiger partial charge in [0.05, 0.1) is 15.9 Å². The van der Waals surface area contributed by atoms with Crippen molar-refractivity contribution in [2.75, 3.05) is 0 Å². The molecule has 5 nitrogen and oxygen atoms in total. The fraction of sp³-hybridized carbons (Fsp3) is 0.318. The fourth-order valence-corrected chi connectivity index (χ4v) is 10.2. The van der Waals surface area contributed by atoms with Gasteiger partial charge in [-0.05, 0) is 48.4 Å². The van der Waals surface area contributed by atoms with Gasteiger partial charge in [0.1, 0.15) is 0 Å². The Balaban J connectivity index is 2.35. The second-order valence-electron chi connectivity index (χ2n) is 7.36. The molecule has 0 amide bonds. The molecular formula is C22H23NO4S2. The van der Waals surface area contributed by atoms with Gasteiger partial charge in [-0.25, -0.2) is 16.8 Å². The molecule has 0 spiro atoms. The number of rotatable bonds is 6. The summed E-state index contributed by atoms with van der Waals surface area (Å²) in [5.74, 6) is -1.61. The summed E-state index contributed by atoms with van der Waals surface area (Å²) < 4.78 is 53.5. The molecule has 1 saturated carbocycles. The fourth-order valence-electron chi connectivity index (χ4n) is 4.51. The van der Waals surface area contributed by atoms with Crippen LogP contribution in [-0.2, 0) is 19.7 Å². The van der Waals surface area contributed by atoms with Gasteiger partial charge in [0, 0.05) is 6.42 Å². The Labute approximate surface area is 172 Å². The topological polar surface area (TPSA) is 92.1 Å². The van der Waals surface area contributed by atoms with Crippen molar-refractivity contribution in [3.63, 3.8) is 0 Å². The number of hydrogen-bond acceptors (Lipinski definition) is 5. The van der Waals surface area contributed by atoms with Crippen molar-refractivity contribution in [3.8, 4) is 6.07 Å². The maximum Gasteiger partial charge on any atom is 0.199 e. The van der Waals surface area contributed by atoms with Gasteiger partial charge in [0.25, 0.3) is 0 Å². The summed E-state index contributed by atoms with van der Waals surface area (Å²) in [5.41, 5.74) is 0. The van der Waals surface area contributed by atoms with Crippen molar-refractivity contribution in [2.45, 2.75) is 33.6 Å². The molecule has 0 aliphatic heterocycles. The number of hydrogen-bond donors (Lipinski definition) is 0. The SMILES string of the molecule is C=C[C@@H]1CC(S(=O)(=O)c2ccccc2)(S(=O)(=O)c2ccccc2)[C@H](C)[C@H]1CC#N. The highest BCUT2D eigenvalue weighted by atomic mass is 32.3. The van der Waals surface area contributed by atoms with E-state index in [9.17, 15) is 22.1 Å². The lowest BCUT2D eigenvalue weighted by Gasteiger charge is -2.34. The van der Waals surface area contributed by atoms with E-state index in [4.69, 9.17) is 0 Å². The molecule has 0 N–H and O–H groups in total. The molecule has 3 rings (SSSR count). The van der Waals surface area contributed by atoms with E-state index in [1.54, 1.807) is 49.4 Å². The Morgan fingerprint density at radius 2 is 1.45 bits per heavy atom. The van der Waals surface area contributed by atoms with Crippen LogP contribution in [0, 0.1) is 29.1 Å². The average Bonchev–Trinajstić information content (AvgIpc) is 3.03. The third-order valence-corrected chi connectivity index (χ3v) is 12.1. The van der Waals surface area contributed by atoms with Crippen LogP contribution in [0.5, 0.6) is 0 Å². The number of nitrogens with zero attached hydrogens (tertiary/aromatic N) is 1. The van der Waals surface area contributed by atoms with Gasteiger partial charge in [-0.2, -0.15) is 5.26 Å².